The van der Waals surface area contributed by atoms with Crippen LogP contribution < -0.4 is 5.32 Å². The molecule has 0 saturated heterocycles. The summed E-state index contributed by atoms with van der Waals surface area (Å²) < 4.78 is 5.15. The molecule has 0 fully saturated rings. The third kappa shape index (κ3) is 2.88. The van der Waals surface area contributed by atoms with Crippen LogP contribution in [0.5, 0.6) is 0 Å². The maximum absolute atomic E-state index is 11.2. The molecule has 4 heteroatoms. The number of hydrogen-bond acceptors (Lipinski definition) is 2. The van der Waals surface area contributed by atoms with Crippen molar-refractivity contribution in [3.63, 3.8) is 0 Å². The Hall–Kier alpha value is -0.770. The van der Waals surface area contributed by atoms with Crippen LogP contribution in [0.25, 0.3) is 0 Å². The highest BCUT2D eigenvalue weighted by molar-refractivity contribution is 9.10. The van der Waals surface area contributed by atoms with Gasteiger partial charge in [0.2, 0.25) is 5.91 Å². The predicted octanol–water partition coefficient (Wildman–Crippen LogP) is 2.24. The maximum atomic E-state index is 11.2. The molecule has 1 aromatic rings. The van der Waals surface area contributed by atoms with Crippen LogP contribution in [0.1, 0.15) is 25.6 Å². The smallest absolute Gasteiger partial charge is 0.234 e. The molecule has 0 spiro atoms. The van der Waals surface area contributed by atoms with E-state index in [2.05, 4.69) is 21.2 Å². The average molecular weight is 246 g/mol. The Bertz CT molecular complexity index is 269. The summed E-state index contributed by atoms with van der Waals surface area (Å²) >= 11 is 3.19. The highest BCUT2D eigenvalue weighted by atomic mass is 79.9. The fraction of sp³-hybridized carbons (Fsp3) is 0.444. The van der Waals surface area contributed by atoms with Crippen LogP contribution in [0.4, 0.5) is 0 Å². The fourth-order valence-electron chi connectivity index (χ4n) is 0.937. The third-order valence-electron chi connectivity index (χ3n) is 1.69. The predicted molar refractivity (Wildman–Crippen MR) is 53.7 cm³/mol. The normalized spacial score (nSPS) is 15.0. The highest BCUT2D eigenvalue weighted by Crippen LogP contribution is 2.12. The summed E-state index contributed by atoms with van der Waals surface area (Å²) in [5, 5.41) is 2.80. The van der Waals surface area contributed by atoms with Crippen LogP contribution >= 0.6 is 15.9 Å². The van der Waals surface area contributed by atoms with Crippen LogP contribution in [0, 0.1) is 0 Å². The molecule has 0 aliphatic heterocycles. The molecule has 72 valence electrons. The Morgan fingerprint density at radius 1 is 1.62 bits per heavy atom. The lowest BCUT2D eigenvalue weighted by molar-refractivity contribution is -0.120. The number of halogens is 1. The molecule has 1 N–H and O–H groups in total. The van der Waals surface area contributed by atoms with E-state index in [1.807, 2.05) is 13.0 Å². The van der Waals surface area contributed by atoms with Gasteiger partial charge in [0, 0.05) is 0 Å². The van der Waals surface area contributed by atoms with Crippen molar-refractivity contribution in [3.05, 3.63) is 24.2 Å². The molecule has 1 unspecified atom stereocenters. The second kappa shape index (κ2) is 4.46. The quantitative estimate of drug-likeness (QED) is 0.831. The lowest BCUT2D eigenvalue weighted by atomic mass is 10.2. The van der Waals surface area contributed by atoms with E-state index in [0.29, 0.717) is 0 Å². The van der Waals surface area contributed by atoms with Crippen molar-refractivity contribution < 1.29 is 9.21 Å². The van der Waals surface area contributed by atoms with E-state index in [9.17, 15) is 4.79 Å². The molecule has 0 saturated carbocycles. The number of carbonyl (C=O) groups is 1. The molecule has 13 heavy (non-hydrogen) atoms. The number of rotatable bonds is 3. The molecular weight excluding hydrogens is 234 g/mol. The number of alkyl halides is 1. The first-order valence-corrected chi connectivity index (χ1v) is 5.00. The lowest BCUT2D eigenvalue weighted by Gasteiger charge is -2.12. The van der Waals surface area contributed by atoms with E-state index in [1.54, 1.807) is 19.3 Å². The van der Waals surface area contributed by atoms with Crippen molar-refractivity contribution in [2.45, 2.75) is 24.7 Å². The number of carbonyl (C=O) groups excluding carboxylic acids is 1. The molecule has 0 aliphatic rings. The summed E-state index contributed by atoms with van der Waals surface area (Å²) in [6.07, 6.45) is 1.59. The standard InChI is InChI=1S/C9H12BrNO2/c1-6(10)9(12)11-7(2)8-4-3-5-13-8/h3-7H,1-2H3,(H,11,12)/t6?,7-/m0/s1. The van der Waals surface area contributed by atoms with Crippen molar-refractivity contribution in [2.75, 3.05) is 0 Å². The SMILES string of the molecule is CC(Br)C(=O)N[C@@H](C)c1ccco1. The molecule has 0 aromatic carbocycles. The number of hydrogen-bond donors (Lipinski definition) is 1. The zero-order valence-electron chi connectivity index (χ0n) is 7.58. The summed E-state index contributed by atoms with van der Waals surface area (Å²) in [5.41, 5.74) is 0. The van der Waals surface area contributed by atoms with Gasteiger partial charge in [0.05, 0.1) is 17.1 Å². The molecule has 1 heterocycles. The minimum atomic E-state index is -0.176. The van der Waals surface area contributed by atoms with Crippen molar-refractivity contribution in [1.29, 1.82) is 0 Å². The van der Waals surface area contributed by atoms with E-state index in [0.717, 1.165) is 5.76 Å². The molecule has 0 bridgehead atoms. The molecule has 1 aromatic heterocycles. The van der Waals surface area contributed by atoms with Gasteiger partial charge in [0.25, 0.3) is 0 Å². The van der Waals surface area contributed by atoms with Crippen LogP contribution in [0.2, 0.25) is 0 Å². The topological polar surface area (TPSA) is 42.2 Å². The van der Waals surface area contributed by atoms with Gasteiger partial charge in [-0.1, -0.05) is 15.9 Å². The lowest BCUT2D eigenvalue weighted by Crippen LogP contribution is -2.31. The Kier molecular flexibility index (Phi) is 3.54. The molecule has 0 aliphatic carbocycles. The van der Waals surface area contributed by atoms with Gasteiger partial charge in [0.15, 0.2) is 0 Å². The Labute approximate surface area is 85.6 Å². The van der Waals surface area contributed by atoms with Crippen molar-refractivity contribution in [1.82, 2.24) is 5.32 Å². The third-order valence-corrected chi connectivity index (χ3v) is 2.11. The van der Waals surface area contributed by atoms with Crippen molar-refractivity contribution in [3.8, 4) is 0 Å². The van der Waals surface area contributed by atoms with Gasteiger partial charge < -0.3 is 9.73 Å². The first-order valence-electron chi connectivity index (χ1n) is 4.09. The van der Waals surface area contributed by atoms with E-state index in [-0.39, 0.29) is 16.8 Å². The summed E-state index contributed by atoms with van der Waals surface area (Å²) in [7, 11) is 0. The molecule has 3 nitrogen and oxygen atoms in total. The first kappa shape index (κ1) is 10.3. The van der Waals surface area contributed by atoms with Gasteiger partial charge >= 0.3 is 0 Å². The second-order valence-corrected chi connectivity index (χ2v) is 4.24. The van der Waals surface area contributed by atoms with Crippen LogP contribution in [0.3, 0.4) is 0 Å². The minimum Gasteiger partial charge on any atom is -0.467 e. The van der Waals surface area contributed by atoms with Crippen LogP contribution in [0.15, 0.2) is 22.8 Å². The first-order chi connectivity index (χ1) is 6.11. The Balaban J connectivity index is 2.51. The van der Waals surface area contributed by atoms with E-state index in [4.69, 9.17) is 4.42 Å². The van der Waals surface area contributed by atoms with Gasteiger partial charge in [0.1, 0.15) is 5.76 Å². The van der Waals surface area contributed by atoms with E-state index >= 15 is 0 Å². The van der Waals surface area contributed by atoms with Crippen molar-refractivity contribution >= 4 is 21.8 Å². The number of amides is 1. The zero-order chi connectivity index (χ0) is 9.84. The van der Waals surface area contributed by atoms with E-state index in [1.165, 1.54) is 0 Å². The highest BCUT2D eigenvalue weighted by Gasteiger charge is 2.14. The van der Waals surface area contributed by atoms with Gasteiger partial charge in [-0.3, -0.25) is 4.79 Å². The average Bonchev–Trinajstić information content (AvgIpc) is 2.55. The molecule has 1 rings (SSSR count). The fourth-order valence-corrected chi connectivity index (χ4v) is 1.07. The van der Waals surface area contributed by atoms with E-state index < -0.39 is 0 Å². The Morgan fingerprint density at radius 3 is 2.77 bits per heavy atom. The summed E-state index contributed by atoms with van der Waals surface area (Å²) in [6, 6.07) is 3.56. The minimum absolute atomic E-state index is 0.0381. The summed E-state index contributed by atoms with van der Waals surface area (Å²) in [4.78, 5) is 11.1. The maximum Gasteiger partial charge on any atom is 0.234 e. The monoisotopic (exact) mass is 245 g/mol. The number of furan rings is 1. The van der Waals surface area contributed by atoms with Gasteiger partial charge in [-0.2, -0.15) is 0 Å². The zero-order valence-corrected chi connectivity index (χ0v) is 9.17. The largest absolute Gasteiger partial charge is 0.467 e. The molecule has 1 amide bonds. The molecular formula is C9H12BrNO2. The van der Waals surface area contributed by atoms with Gasteiger partial charge in [-0.05, 0) is 26.0 Å². The Morgan fingerprint density at radius 2 is 2.31 bits per heavy atom. The second-order valence-electron chi connectivity index (χ2n) is 2.86. The summed E-state index contributed by atoms with van der Waals surface area (Å²) in [6.45, 7) is 3.66. The van der Waals surface area contributed by atoms with Crippen LogP contribution in [-0.2, 0) is 4.79 Å². The van der Waals surface area contributed by atoms with Crippen molar-refractivity contribution in [2.24, 2.45) is 0 Å². The molecule has 2 atom stereocenters. The summed E-state index contributed by atoms with van der Waals surface area (Å²) in [5.74, 6) is 0.727. The number of nitrogens with one attached hydrogen (secondary N) is 1. The molecule has 0 radical (unpaired) electrons. The van der Waals surface area contributed by atoms with Gasteiger partial charge in [-0.15, -0.1) is 0 Å². The van der Waals surface area contributed by atoms with Gasteiger partial charge in [-0.25, -0.2) is 0 Å². The van der Waals surface area contributed by atoms with Crippen LogP contribution in [-0.4, -0.2) is 10.7 Å².